The third-order valence-corrected chi connectivity index (χ3v) is 3.28. The number of guanidine groups is 1. The van der Waals surface area contributed by atoms with Crippen molar-refractivity contribution >= 4 is 35.6 Å². The molecule has 0 aromatic heterocycles. The molecule has 2 N–H and O–H groups in total. The van der Waals surface area contributed by atoms with Crippen molar-refractivity contribution in [2.24, 2.45) is 4.99 Å². The molecule has 0 aliphatic heterocycles. The summed E-state index contributed by atoms with van der Waals surface area (Å²) in [5.41, 5.74) is 1.21. The molecule has 1 rings (SSSR count). The zero-order chi connectivity index (χ0) is 15.5. The Hall–Kier alpha value is -1.02. The summed E-state index contributed by atoms with van der Waals surface area (Å²) in [5.74, 6) is 0.836. The Morgan fingerprint density at radius 3 is 2.55 bits per heavy atom. The summed E-state index contributed by atoms with van der Waals surface area (Å²) < 4.78 is 5.04. The van der Waals surface area contributed by atoms with Gasteiger partial charge in [-0.2, -0.15) is 0 Å². The number of rotatable bonds is 8. The summed E-state index contributed by atoms with van der Waals surface area (Å²) in [6, 6.07) is 10.7. The van der Waals surface area contributed by atoms with Gasteiger partial charge >= 0.3 is 0 Å². The molecule has 0 saturated heterocycles. The van der Waals surface area contributed by atoms with Crippen LogP contribution in [0.15, 0.2) is 35.3 Å². The van der Waals surface area contributed by atoms with Gasteiger partial charge in [-0.05, 0) is 26.0 Å². The first kappa shape index (κ1) is 21.0. The molecule has 0 saturated carbocycles. The molecule has 0 heterocycles. The number of methoxy groups -OCH3 is 1. The predicted octanol–water partition coefficient (Wildman–Crippen LogP) is 2.33. The molecular formula is C16H29IN4O. The van der Waals surface area contributed by atoms with Crippen LogP contribution in [0.5, 0.6) is 0 Å². The SMILES string of the molecule is CCNC(=NCC(C)N(C)c1ccccc1)NCCOC.I. The largest absolute Gasteiger partial charge is 0.383 e. The van der Waals surface area contributed by atoms with Crippen LogP contribution in [0.25, 0.3) is 0 Å². The van der Waals surface area contributed by atoms with Crippen molar-refractivity contribution in [1.29, 1.82) is 0 Å². The van der Waals surface area contributed by atoms with Crippen molar-refractivity contribution < 1.29 is 4.74 Å². The average molecular weight is 420 g/mol. The maximum atomic E-state index is 5.04. The highest BCUT2D eigenvalue weighted by Gasteiger charge is 2.09. The van der Waals surface area contributed by atoms with Crippen LogP contribution in [-0.2, 0) is 4.74 Å². The lowest BCUT2D eigenvalue weighted by molar-refractivity contribution is 0.203. The molecular weight excluding hydrogens is 391 g/mol. The predicted molar refractivity (Wildman–Crippen MR) is 106 cm³/mol. The number of nitrogens with zero attached hydrogens (tertiary/aromatic N) is 2. The summed E-state index contributed by atoms with van der Waals surface area (Å²) in [7, 11) is 3.80. The summed E-state index contributed by atoms with van der Waals surface area (Å²) >= 11 is 0. The molecule has 0 fully saturated rings. The number of para-hydroxylation sites is 1. The van der Waals surface area contributed by atoms with Gasteiger partial charge in [0.25, 0.3) is 0 Å². The van der Waals surface area contributed by atoms with Gasteiger partial charge in [0.1, 0.15) is 0 Å². The fourth-order valence-corrected chi connectivity index (χ4v) is 1.88. The van der Waals surface area contributed by atoms with Crippen LogP contribution in [0.1, 0.15) is 13.8 Å². The molecule has 5 nitrogen and oxygen atoms in total. The summed E-state index contributed by atoms with van der Waals surface area (Å²) in [5, 5.41) is 6.49. The highest BCUT2D eigenvalue weighted by atomic mass is 127. The van der Waals surface area contributed by atoms with Gasteiger partial charge in [-0.3, -0.25) is 4.99 Å². The van der Waals surface area contributed by atoms with Gasteiger partial charge in [-0.15, -0.1) is 24.0 Å². The van der Waals surface area contributed by atoms with E-state index in [9.17, 15) is 0 Å². The number of benzene rings is 1. The number of anilines is 1. The Bertz CT molecular complexity index is 414. The van der Waals surface area contributed by atoms with Crippen molar-refractivity contribution in [2.75, 3.05) is 45.3 Å². The Kier molecular flexibility index (Phi) is 11.9. The number of halogens is 1. The molecule has 0 aliphatic rings. The van der Waals surface area contributed by atoms with Crippen molar-refractivity contribution in [2.45, 2.75) is 19.9 Å². The van der Waals surface area contributed by atoms with Gasteiger partial charge in [0.05, 0.1) is 13.2 Å². The van der Waals surface area contributed by atoms with E-state index < -0.39 is 0 Å². The van der Waals surface area contributed by atoms with E-state index in [2.05, 4.69) is 65.7 Å². The van der Waals surface area contributed by atoms with Gasteiger partial charge < -0.3 is 20.3 Å². The molecule has 6 heteroatoms. The quantitative estimate of drug-likeness (QED) is 0.294. The van der Waals surface area contributed by atoms with Gasteiger partial charge in [0, 0.05) is 39.0 Å². The van der Waals surface area contributed by atoms with E-state index in [-0.39, 0.29) is 24.0 Å². The Morgan fingerprint density at radius 2 is 1.95 bits per heavy atom. The van der Waals surface area contributed by atoms with E-state index >= 15 is 0 Å². The molecule has 0 amide bonds. The standard InChI is InChI=1S/C16H28N4O.HI/c1-5-17-16(18-11-12-21-4)19-13-14(2)20(3)15-9-7-6-8-10-15;/h6-10,14H,5,11-13H2,1-4H3,(H2,17,18,19);1H. The molecule has 1 atom stereocenters. The Balaban J connectivity index is 0.00000441. The van der Waals surface area contributed by atoms with E-state index in [1.807, 2.05) is 6.07 Å². The lowest BCUT2D eigenvalue weighted by atomic mass is 10.2. The second-order valence-corrected chi connectivity index (χ2v) is 4.93. The summed E-state index contributed by atoms with van der Waals surface area (Å²) in [4.78, 5) is 6.87. The molecule has 0 spiro atoms. The zero-order valence-corrected chi connectivity index (χ0v) is 16.3. The second-order valence-electron chi connectivity index (χ2n) is 4.93. The number of hydrogen-bond donors (Lipinski definition) is 2. The molecule has 1 aromatic carbocycles. The van der Waals surface area contributed by atoms with E-state index in [0.717, 1.165) is 25.6 Å². The fourth-order valence-electron chi connectivity index (χ4n) is 1.88. The third-order valence-electron chi connectivity index (χ3n) is 3.28. The minimum Gasteiger partial charge on any atom is -0.383 e. The lowest BCUT2D eigenvalue weighted by Crippen LogP contribution is -2.40. The first-order valence-corrected chi connectivity index (χ1v) is 7.48. The number of nitrogens with one attached hydrogen (secondary N) is 2. The first-order chi connectivity index (χ1) is 10.2. The van der Waals surface area contributed by atoms with Gasteiger partial charge in [-0.1, -0.05) is 18.2 Å². The molecule has 0 bridgehead atoms. The number of aliphatic imine (C=N–C) groups is 1. The topological polar surface area (TPSA) is 48.9 Å². The van der Waals surface area contributed by atoms with E-state index in [4.69, 9.17) is 4.74 Å². The molecule has 22 heavy (non-hydrogen) atoms. The van der Waals surface area contributed by atoms with Crippen LogP contribution in [0.2, 0.25) is 0 Å². The minimum absolute atomic E-state index is 0. The van der Waals surface area contributed by atoms with E-state index in [1.165, 1.54) is 5.69 Å². The van der Waals surface area contributed by atoms with Crippen LogP contribution in [0.4, 0.5) is 5.69 Å². The number of hydrogen-bond acceptors (Lipinski definition) is 3. The lowest BCUT2D eigenvalue weighted by Gasteiger charge is -2.26. The molecule has 1 aromatic rings. The summed E-state index contributed by atoms with van der Waals surface area (Å²) in [6.07, 6.45) is 0. The zero-order valence-electron chi connectivity index (χ0n) is 14.0. The van der Waals surface area contributed by atoms with Gasteiger partial charge in [0.2, 0.25) is 0 Å². The van der Waals surface area contributed by atoms with Crippen molar-refractivity contribution in [3.8, 4) is 0 Å². The van der Waals surface area contributed by atoms with Crippen LogP contribution in [0.3, 0.4) is 0 Å². The smallest absolute Gasteiger partial charge is 0.191 e. The van der Waals surface area contributed by atoms with Gasteiger partial charge in [0.15, 0.2) is 5.96 Å². The fraction of sp³-hybridized carbons (Fsp3) is 0.562. The van der Waals surface area contributed by atoms with E-state index in [1.54, 1.807) is 7.11 Å². The van der Waals surface area contributed by atoms with Crippen LogP contribution in [-0.4, -0.2) is 52.4 Å². The Morgan fingerprint density at radius 1 is 1.27 bits per heavy atom. The van der Waals surface area contributed by atoms with E-state index in [0.29, 0.717) is 12.6 Å². The summed E-state index contributed by atoms with van der Waals surface area (Å²) in [6.45, 7) is 7.24. The highest BCUT2D eigenvalue weighted by molar-refractivity contribution is 14.0. The molecule has 126 valence electrons. The van der Waals surface area contributed by atoms with Crippen LogP contribution in [0, 0.1) is 0 Å². The molecule has 1 unspecified atom stereocenters. The maximum absolute atomic E-state index is 5.04. The highest BCUT2D eigenvalue weighted by Crippen LogP contribution is 2.13. The third kappa shape index (κ3) is 7.84. The van der Waals surface area contributed by atoms with Crippen LogP contribution >= 0.6 is 24.0 Å². The van der Waals surface area contributed by atoms with Crippen molar-refractivity contribution in [1.82, 2.24) is 10.6 Å². The Labute approximate surface area is 151 Å². The molecule has 0 aliphatic carbocycles. The number of likely N-dealkylation sites (N-methyl/N-ethyl adjacent to an activating group) is 1. The maximum Gasteiger partial charge on any atom is 0.191 e. The molecule has 0 radical (unpaired) electrons. The first-order valence-electron chi connectivity index (χ1n) is 7.48. The average Bonchev–Trinajstić information content (AvgIpc) is 2.52. The second kappa shape index (κ2) is 12.5. The van der Waals surface area contributed by atoms with Gasteiger partial charge in [-0.25, -0.2) is 0 Å². The monoisotopic (exact) mass is 420 g/mol. The van der Waals surface area contributed by atoms with Crippen molar-refractivity contribution in [3.63, 3.8) is 0 Å². The normalized spacial score (nSPS) is 12.3. The van der Waals surface area contributed by atoms with Crippen LogP contribution < -0.4 is 15.5 Å². The minimum atomic E-state index is 0. The van der Waals surface area contributed by atoms with Crippen molar-refractivity contribution in [3.05, 3.63) is 30.3 Å². The number of ether oxygens (including phenoxy) is 1.